The minimum Gasteiger partial charge on any atom is -0.420 e. The van der Waals surface area contributed by atoms with Crippen molar-refractivity contribution in [3.05, 3.63) is 45.9 Å². The molecule has 0 aliphatic rings. The topological polar surface area (TPSA) is 80.9 Å². The lowest BCUT2D eigenvalue weighted by Gasteiger charge is -2.04. The average Bonchev–Trinajstić information content (AvgIpc) is 3.14. The highest BCUT2D eigenvalue weighted by Crippen LogP contribution is 2.33. The first-order chi connectivity index (χ1) is 11.1. The number of nitrogens with one attached hydrogen (secondary N) is 1. The van der Waals surface area contributed by atoms with E-state index in [2.05, 4.69) is 20.5 Å². The van der Waals surface area contributed by atoms with E-state index in [1.54, 1.807) is 6.07 Å². The van der Waals surface area contributed by atoms with Crippen LogP contribution in [-0.2, 0) is 6.42 Å². The van der Waals surface area contributed by atoms with Crippen molar-refractivity contribution in [1.82, 2.24) is 15.2 Å². The molecule has 8 heteroatoms. The van der Waals surface area contributed by atoms with Crippen LogP contribution in [0, 0.1) is 6.92 Å². The molecule has 1 amide bonds. The van der Waals surface area contributed by atoms with Crippen LogP contribution < -0.4 is 5.32 Å². The molecule has 3 rings (SSSR count). The molecule has 0 atom stereocenters. The third-order valence-electron chi connectivity index (χ3n) is 3.13. The Kier molecular flexibility index (Phi) is 4.40. The van der Waals surface area contributed by atoms with E-state index in [0.717, 1.165) is 9.75 Å². The van der Waals surface area contributed by atoms with Crippen molar-refractivity contribution in [3.63, 3.8) is 0 Å². The van der Waals surface area contributed by atoms with Crippen molar-refractivity contribution >= 4 is 34.5 Å². The molecule has 3 aromatic rings. The van der Waals surface area contributed by atoms with Gasteiger partial charge in [-0.3, -0.25) is 4.79 Å². The van der Waals surface area contributed by atoms with E-state index in [4.69, 9.17) is 16.0 Å². The van der Waals surface area contributed by atoms with Gasteiger partial charge in [-0.25, -0.2) is 4.98 Å². The molecule has 0 aliphatic carbocycles. The quantitative estimate of drug-likeness (QED) is 0.721. The number of amides is 1. The number of carbonyl (C=O) groups excluding carboxylic acids is 1. The standard InChI is InChI=1S/C15H13ClN4O2S/c1-3-13-19-20-15(22-13)11-7-10(8(2)23-11)18-14(21)9-4-5-17-12(16)6-9/h4-7H,3H2,1-2H3,(H,18,21). The average molecular weight is 349 g/mol. The summed E-state index contributed by atoms with van der Waals surface area (Å²) >= 11 is 7.29. The van der Waals surface area contributed by atoms with Crippen molar-refractivity contribution in [2.24, 2.45) is 0 Å². The van der Waals surface area contributed by atoms with Crippen LogP contribution in [0.5, 0.6) is 0 Å². The Morgan fingerprint density at radius 3 is 2.91 bits per heavy atom. The van der Waals surface area contributed by atoms with E-state index < -0.39 is 0 Å². The Hall–Kier alpha value is -2.25. The molecule has 118 valence electrons. The van der Waals surface area contributed by atoms with Crippen molar-refractivity contribution in [2.45, 2.75) is 20.3 Å². The van der Waals surface area contributed by atoms with Gasteiger partial charge >= 0.3 is 0 Å². The smallest absolute Gasteiger partial charge is 0.257 e. The van der Waals surface area contributed by atoms with Crippen LogP contribution in [0.3, 0.4) is 0 Å². The van der Waals surface area contributed by atoms with Gasteiger partial charge in [0.1, 0.15) is 5.15 Å². The maximum Gasteiger partial charge on any atom is 0.257 e. The molecule has 0 saturated carbocycles. The zero-order valence-electron chi connectivity index (χ0n) is 12.5. The Morgan fingerprint density at radius 1 is 1.39 bits per heavy atom. The fraction of sp³-hybridized carbons (Fsp3) is 0.200. The first-order valence-electron chi connectivity index (χ1n) is 6.93. The van der Waals surface area contributed by atoms with Crippen LogP contribution in [0.15, 0.2) is 28.8 Å². The molecule has 1 N–H and O–H groups in total. The molecule has 0 aromatic carbocycles. The second-order valence-corrected chi connectivity index (χ2v) is 6.40. The van der Waals surface area contributed by atoms with E-state index in [1.165, 1.54) is 23.6 Å². The summed E-state index contributed by atoms with van der Waals surface area (Å²) in [5.41, 5.74) is 1.15. The van der Waals surface area contributed by atoms with E-state index in [0.29, 0.717) is 29.5 Å². The lowest BCUT2D eigenvalue weighted by Crippen LogP contribution is -2.12. The molecule has 0 saturated heterocycles. The van der Waals surface area contributed by atoms with E-state index in [9.17, 15) is 4.79 Å². The van der Waals surface area contributed by atoms with Crippen molar-refractivity contribution < 1.29 is 9.21 Å². The number of nitrogens with zero attached hydrogens (tertiary/aromatic N) is 3. The van der Waals surface area contributed by atoms with Crippen LogP contribution in [0.4, 0.5) is 5.69 Å². The molecule has 0 bridgehead atoms. The van der Waals surface area contributed by atoms with Crippen molar-refractivity contribution in [1.29, 1.82) is 0 Å². The predicted molar refractivity (Wildman–Crippen MR) is 88.9 cm³/mol. The van der Waals surface area contributed by atoms with Gasteiger partial charge < -0.3 is 9.73 Å². The Morgan fingerprint density at radius 2 is 2.22 bits per heavy atom. The van der Waals surface area contributed by atoms with E-state index >= 15 is 0 Å². The number of halogens is 1. The fourth-order valence-electron chi connectivity index (χ4n) is 1.95. The third kappa shape index (κ3) is 3.40. The van der Waals surface area contributed by atoms with Crippen LogP contribution in [-0.4, -0.2) is 21.1 Å². The molecule has 0 radical (unpaired) electrons. The van der Waals surface area contributed by atoms with Gasteiger partial charge in [-0.05, 0) is 25.1 Å². The van der Waals surface area contributed by atoms with Gasteiger partial charge in [0.25, 0.3) is 11.8 Å². The first kappa shape index (κ1) is 15.6. The molecule has 6 nitrogen and oxygen atoms in total. The lowest BCUT2D eigenvalue weighted by molar-refractivity contribution is 0.102. The monoisotopic (exact) mass is 348 g/mol. The summed E-state index contributed by atoms with van der Waals surface area (Å²) in [6.45, 7) is 3.86. The summed E-state index contributed by atoms with van der Waals surface area (Å²) < 4.78 is 5.54. The number of pyridine rings is 1. The SMILES string of the molecule is CCc1nnc(-c2cc(NC(=O)c3ccnc(Cl)c3)c(C)s2)o1. The van der Waals surface area contributed by atoms with Crippen molar-refractivity contribution in [3.8, 4) is 10.8 Å². The van der Waals surface area contributed by atoms with Gasteiger partial charge in [0, 0.05) is 23.1 Å². The van der Waals surface area contributed by atoms with Crippen LogP contribution >= 0.6 is 22.9 Å². The highest BCUT2D eigenvalue weighted by molar-refractivity contribution is 7.15. The minimum atomic E-state index is -0.249. The number of hydrogen-bond donors (Lipinski definition) is 1. The Balaban J connectivity index is 1.82. The van der Waals surface area contributed by atoms with Gasteiger partial charge in [-0.15, -0.1) is 21.5 Å². The predicted octanol–water partition coefficient (Wildman–Crippen LogP) is 3.97. The van der Waals surface area contributed by atoms with Gasteiger partial charge in [-0.1, -0.05) is 18.5 Å². The van der Waals surface area contributed by atoms with Crippen LogP contribution in [0.2, 0.25) is 5.15 Å². The summed E-state index contributed by atoms with van der Waals surface area (Å²) in [5, 5.41) is 11.1. The second-order valence-electron chi connectivity index (χ2n) is 4.76. The molecule has 3 aromatic heterocycles. The Labute approximate surface area is 141 Å². The number of anilines is 1. The number of thiophene rings is 1. The van der Waals surface area contributed by atoms with Crippen LogP contribution in [0.25, 0.3) is 10.8 Å². The minimum absolute atomic E-state index is 0.249. The zero-order chi connectivity index (χ0) is 16.4. The third-order valence-corrected chi connectivity index (χ3v) is 4.38. The molecular formula is C15H13ClN4O2S. The summed E-state index contributed by atoms with van der Waals surface area (Å²) in [6.07, 6.45) is 2.18. The summed E-state index contributed by atoms with van der Waals surface area (Å²) in [7, 11) is 0. The second kappa shape index (κ2) is 6.47. The van der Waals surface area contributed by atoms with Gasteiger partial charge in [0.15, 0.2) is 0 Å². The maximum absolute atomic E-state index is 12.3. The van der Waals surface area contributed by atoms with E-state index in [-0.39, 0.29) is 11.1 Å². The first-order valence-corrected chi connectivity index (χ1v) is 8.12. The maximum atomic E-state index is 12.3. The Bertz CT molecular complexity index is 859. The number of rotatable bonds is 4. The van der Waals surface area contributed by atoms with Crippen LogP contribution in [0.1, 0.15) is 28.0 Å². The fourth-order valence-corrected chi connectivity index (χ4v) is 3.02. The lowest BCUT2D eigenvalue weighted by atomic mass is 10.2. The zero-order valence-corrected chi connectivity index (χ0v) is 14.0. The molecule has 0 aliphatic heterocycles. The summed E-state index contributed by atoms with van der Waals surface area (Å²) in [4.78, 5) is 17.9. The van der Waals surface area contributed by atoms with E-state index in [1.807, 2.05) is 19.9 Å². The molecule has 0 spiro atoms. The molecule has 0 fully saturated rings. The molecule has 3 heterocycles. The van der Waals surface area contributed by atoms with Gasteiger partial charge in [-0.2, -0.15) is 0 Å². The largest absolute Gasteiger partial charge is 0.420 e. The number of carbonyl (C=O) groups is 1. The van der Waals surface area contributed by atoms with Gasteiger partial charge in [0.2, 0.25) is 5.89 Å². The normalized spacial score (nSPS) is 10.7. The number of hydrogen-bond acceptors (Lipinski definition) is 6. The molecule has 0 unspecified atom stereocenters. The number of aromatic nitrogens is 3. The summed E-state index contributed by atoms with van der Waals surface area (Å²) in [6, 6.07) is 4.95. The molecule has 23 heavy (non-hydrogen) atoms. The van der Waals surface area contributed by atoms with Crippen molar-refractivity contribution in [2.75, 3.05) is 5.32 Å². The highest BCUT2D eigenvalue weighted by atomic mass is 35.5. The van der Waals surface area contributed by atoms with Gasteiger partial charge in [0.05, 0.1) is 10.6 Å². The summed E-state index contributed by atoms with van der Waals surface area (Å²) in [5.74, 6) is 0.798. The highest BCUT2D eigenvalue weighted by Gasteiger charge is 2.15. The number of aryl methyl sites for hydroxylation is 2. The molecular weight excluding hydrogens is 336 g/mol.